The lowest BCUT2D eigenvalue weighted by molar-refractivity contribution is 0.816. The van der Waals surface area contributed by atoms with Crippen molar-refractivity contribution in [1.29, 1.82) is 0 Å². The minimum Gasteiger partial charge on any atom is -0.341 e. The molecule has 1 aliphatic rings. The Morgan fingerprint density at radius 1 is 0.964 bits per heavy atom. The number of benzene rings is 1. The molecule has 1 saturated heterocycles. The Morgan fingerprint density at radius 2 is 1.68 bits per heavy atom. The molecule has 3 aromatic heterocycles. The lowest BCUT2D eigenvalue weighted by Gasteiger charge is -2.14. The minimum atomic E-state index is -0.173. The maximum Gasteiger partial charge on any atom is 0.282 e. The average Bonchev–Trinajstić information content (AvgIpc) is 3.40. The van der Waals surface area contributed by atoms with E-state index in [0.29, 0.717) is 22.2 Å². The summed E-state index contributed by atoms with van der Waals surface area (Å²) < 4.78 is 3.05. The quantitative estimate of drug-likeness (QED) is 0.535. The number of anilines is 1. The molecule has 28 heavy (non-hydrogen) atoms. The van der Waals surface area contributed by atoms with Gasteiger partial charge in [-0.05, 0) is 36.6 Å². The highest BCUT2D eigenvalue weighted by atomic mass is 35.5. The van der Waals surface area contributed by atoms with Gasteiger partial charge in [-0.15, -0.1) is 0 Å². The molecule has 4 aromatic rings. The molecular formula is C20H17ClN6O. The molecule has 7 nitrogen and oxygen atoms in total. The highest BCUT2D eigenvalue weighted by Gasteiger charge is 2.15. The van der Waals surface area contributed by atoms with E-state index >= 15 is 0 Å². The van der Waals surface area contributed by atoms with Crippen molar-refractivity contribution >= 4 is 23.1 Å². The van der Waals surface area contributed by atoms with Gasteiger partial charge in [0.05, 0.1) is 18.1 Å². The zero-order chi connectivity index (χ0) is 19.1. The zero-order valence-electron chi connectivity index (χ0n) is 15.0. The average molecular weight is 393 g/mol. The number of halogens is 1. The van der Waals surface area contributed by atoms with Crippen molar-refractivity contribution < 1.29 is 0 Å². The molecule has 0 amide bonds. The standard InChI is InChI=1S/C20H17ClN6O/c21-16-5-3-14(4-6-16)15-9-18-19(28)26(13-24-27(18)12-15)17-10-22-20(23-11-17)25-7-1-2-8-25/h3-6,9-13H,1-2,7-8H2. The summed E-state index contributed by atoms with van der Waals surface area (Å²) in [5.74, 6) is 0.705. The van der Waals surface area contributed by atoms with Gasteiger partial charge in [-0.25, -0.2) is 14.5 Å². The van der Waals surface area contributed by atoms with E-state index in [1.807, 2.05) is 36.5 Å². The van der Waals surface area contributed by atoms with Gasteiger partial charge < -0.3 is 4.90 Å². The molecule has 0 saturated carbocycles. The van der Waals surface area contributed by atoms with E-state index in [1.165, 1.54) is 10.9 Å². The van der Waals surface area contributed by atoms with E-state index in [9.17, 15) is 4.79 Å². The first kappa shape index (κ1) is 16.9. The normalized spacial score (nSPS) is 14.1. The fourth-order valence-electron chi connectivity index (χ4n) is 3.49. The molecule has 0 spiro atoms. The molecule has 1 fully saturated rings. The molecule has 0 atom stereocenters. The van der Waals surface area contributed by atoms with Crippen molar-refractivity contribution in [2.45, 2.75) is 12.8 Å². The van der Waals surface area contributed by atoms with E-state index in [0.717, 1.165) is 37.1 Å². The highest BCUT2D eigenvalue weighted by Crippen LogP contribution is 2.23. The molecule has 8 heteroatoms. The monoisotopic (exact) mass is 392 g/mol. The maximum absolute atomic E-state index is 13.0. The third-order valence-corrected chi connectivity index (χ3v) is 5.25. The molecule has 0 bridgehead atoms. The second-order valence-corrected chi connectivity index (χ2v) is 7.24. The van der Waals surface area contributed by atoms with Gasteiger partial charge in [0.15, 0.2) is 0 Å². The molecule has 140 valence electrons. The van der Waals surface area contributed by atoms with Gasteiger partial charge in [0.1, 0.15) is 11.8 Å². The second-order valence-electron chi connectivity index (χ2n) is 6.81. The summed E-state index contributed by atoms with van der Waals surface area (Å²) in [6, 6.07) is 9.31. The molecule has 1 aromatic carbocycles. The van der Waals surface area contributed by atoms with Gasteiger partial charge in [0.2, 0.25) is 5.95 Å². The Morgan fingerprint density at radius 3 is 2.39 bits per heavy atom. The number of hydrogen-bond acceptors (Lipinski definition) is 5. The highest BCUT2D eigenvalue weighted by molar-refractivity contribution is 6.30. The van der Waals surface area contributed by atoms with Crippen molar-refractivity contribution in [3.05, 3.63) is 70.6 Å². The van der Waals surface area contributed by atoms with Crippen LogP contribution in [0, 0.1) is 0 Å². The smallest absolute Gasteiger partial charge is 0.282 e. The van der Waals surface area contributed by atoms with Gasteiger partial charge in [0, 0.05) is 29.9 Å². The summed E-state index contributed by atoms with van der Waals surface area (Å²) in [5.41, 5.74) is 2.78. The first-order valence-electron chi connectivity index (χ1n) is 9.12. The summed E-state index contributed by atoms with van der Waals surface area (Å²) in [4.78, 5) is 24.0. The molecule has 4 heterocycles. The molecule has 5 rings (SSSR count). The predicted molar refractivity (Wildman–Crippen MR) is 108 cm³/mol. The Balaban J connectivity index is 1.52. The topological polar surface area (TPSA) is 68.3 Å². The van der Waals surface area contributed by atoms with Gasteiger partial charge in [-0.2, -0.15) is 5.10 Å². The Labute approximate surface area is 165 Å². The first-order chi connectivity index (χ1) is 13.7. The summed E-state index contributed by atoms with van der Waals surface area (Å²) in [6.07, 6.45) is 8.99. The summed E-state index contributed by atoms with van der Waals surface area (Å²) in [5, 5.41) is 5.04. The van der Waals surface area contributed by atoms with Crippen molar-refractivity contribution in [3.63, 3.8) is 0 Å². The Kier molecular flexibility index (Phi) is 4.09. The van der Waals surface area contributed by atoms with E-state index in [-0.39, 0.29) is 5.56 Å². The van der Waals surface area contributed by atoms with Crippen LogP contribution in [-0.4, -0.2) is 37.2 Å². The van der Waals surface area contributed by atoms with Crippen molar-refractivity contribution in [2.24, 2.45) is 0 Å². The largest absolute Gasteiger partial charge is 0.341 e. The van der Waals surface area contributed by atoms with Crippen molar-refractivity contribution in [1.82, 2.24) is 24.1 Å². The number of hydrogen-bond donors (Lipinski definition) is 0. The Hall–Kier alpha value is -3.19. The molecule has 0 N–H and O–H groups in total. The molecule has 0 unspecified atom stereocenters. The van der Waals surface area contributed by atoms with Crippen LogP contribution in [0.2, 0.25) is 5.02 Å². The van der Waals surface area contributed by atoms with Crippen molar-refractivity contribution in [2.75, 3.05) is 18.0 Å². The van der Waals surface area contributed by atoms with Crippen molar-refractivity contribution in [3.8, 4) is 16.8 Å². The molecule has 0 radical (unpaired) electrons. The molecule has 1 aliphatic heterocycles. The second kappa shape index (κ2) is 6.76. The fraction of sp³-hybridized carbons (Fsp3) is 0.200. The van der Waals surface area contributed by atoms with Crippen LogP contribution in [0.1, 0.15) is 12.8 Å². The molecular weight excluding hydrogens is 376 g/mol. The third-order valence-electron chi connectivity index (χ3n) is 5.00. The third kappa shape index (κ3) is 2.93. The van der Waals surface area contributed by atoms with Gasteiger partial charge >= 0.3 is 0 Å². The van der Waals surface area contributed by atoms with E-state index in [2.05, 4.69) is 20.0 Å². The maximum atomic E-state index is 13.0. The SMILES string of the molecule is O=c1c2cc(-c3ccc(Cl)cc3)cn2ncn1-c1cnc(N2CCCC2)nc1. The summed E-state index contributed by atoms with van der Waals surface area (Å²) in [6.45, 7) is 1.95. The summed E-state index contributed by atoms with van der Waals surface area (Å²) >= 11 is 5.96. The number of rotatable bonds is 3. The van der Waals surface area contributed by atoms with E-state index < -0.39 is 0 Å². The zero-order valence-corrected chi connectivity index (χ0v) is 15.8. The van der Waals surface area contributed by atoms with Crippen LogP contribution in [-0.2, 0) is 0 Å². The van der Waals surface area contributed by atoms with Crippen LogP contribution in [0.5, 0.6) is 0 Å². The van der Waals surface area contributed by atoms with Gasteiger partial charge in [0.25, 0.3) is 5.56 Å². The minimum absolute atomic E-state index is 0.173. The van der Waals surface area contributed by atoms with Crippen LogP contribution in [0.3, 0.4) is 0 Å². The lowest BCUT2D eigenvalue weighted by atomic mass is 10.1. The van der Waals surface area contributed by atoms with E-state index in [4.69, 9.17) is 11.6 Å². The number of fused-ring (bicyclic) bond motifs is 1. The number of aromatic nitrogens is 5. The van der Waals surface area contributed by atoms with Gasteiger partial charge in [-0.3, -0.25) is 9.36 Å². The Bertz CT molecular complexity index is 1190. The number of nitrogens with zero attached hydrogens (tertiary/aromatic N) is 6. The van der Waals surface area contributed by atoms with E-state index in [1.54, 1.807) is 16.9 Å². The van der Waals surface area contributed by atoms with Crippen LogP contribution in [0.25, 0.3) is 22.3 Å². The lowest BCUT2D eigenvalue weighted by Crippen LogP contribution is -2.23. The van der Waals surface area contributed by atoms with Crippen LogP contribution in [0.15, 0.2) is 60.0 Å². The predicted octanol–water partition coefficient (Wildman–Crippen LogP) is 3.20. The summed E-state index contributed by atoms with van der Waals surface area (Å²) in [7, 11) is 0. The van der Waals surface area contributed by atoms with Crippen LogP contribution >= 0.6 is 11.6 Å². The van der Waals surface area contributed by atoms with Gasteiger partial charge in [-0.1, -0.05) is 23.7 Å². The fourth-order valence-corrected chi connectivity index (χ4v) is 3.62. The van der Waals surface area contributed by atoms with Crippen LogP contribution < -0.4 is 10.5 Å². The van der Waals surface area contributed by atoms with Crippen LogP contribution in [0.4, 0.5) is 5.95 Å². The first-order valence-corrected chi connectivity index (χ1v) is 9.50. The molecule has 0 aliphatic carbocycles.